The Balaban J connectivity index is 1.77. The molecule has 1 aromatic carbocycles. The molecule has 2 fully saturated rings. The van der Waals surface area contributed by atoms with Crippen LogP contribution in [0.4, 0.5) is 13.6 Å². The maximum absolute atomic E-state index is 15.2. The zero-order valence-corrected chi connectivity index (χ0v) is 21.8. The Bertz CT molecular complexity index is 1310. The van der Waals surface area contributed by atoms with Crippen molar-refractivity contribution >= 4 is 29.0 Å². The van der Waals surface area contributed by atoms with Crippen LogP contribution in [0, 0.1) is 11.6 Å². The minimum Gasteiger partial charge on any atom is -0.462 e. The summed E-state index contributed by atoms with van der Waals surface area (Å²) in [6, 6.07) is 0.190. The number of ether oxygens (including phenoxy) is 2. The number of carbonyl (C=O) groups excluding carboxylic acids is 2. The van der Waals surface area contributed by atoms with E-state index in [4.69, 9.17) is 9.47 Å². The van der Waals surface area contributed by atoms with Crippen LogP contribution in [-0.4, -0.2) is 59.4 Å². The number of halogens is 2. The summed E-state index contributed by atoms with van der Waals surface area (Å²) in [6.07, 6.45) is 6.22. The van der Waals surface area contributed by atoms with Crippen LogP contribution in [0.1, 0.15) is 68.9 Å². The molecule has 1 aromatic heterocycles. The number of fused-ring (bicyclic) bond motifs is 1. The average Bonchev–Trinajstić information content (AvgIpc) is 3.59. The van der Waals surface area contributed by atoms with Crippen molar-refractivity contribution in [3.63, 3.8) is 0 Å². The average molecular weight is 518 g/mol. The first kappa shape index (κ1) is 26.8. The molecule has 2 aromatic rings. The first-order valence-corrected chi connectivity index (χ1v) is 12.5. The van der Waals surface area contributed by atoms with Crippen molar-refractivity contribution in [2.75, 3.05) is 20.2 Å². The van der Waals surface area contributed by atoms with Gasteiger partial charge in [0.15, 0.2) is 11.6 Å². The van der Waals surface area contributed by atoms with Gasteiger partial charge in [0.1, 0.15) is 11.2 Å². The van der Waals surface area contributed by atoms with Crippen molar-refractivity contribution in [2.45, 2.75) is 70.7 Å². The molecule has 1 aliphatic heterocycles. The number of alkyl carbamates (subject to hydrolysis) is 1. The highest BCUT2D eigenvalue weighted by Crippen LogP contribution is 2.39. The number of hydrogen-bond donors (Lipinski definition) is 1. The highest BCUT2D eigenvalue weighted by Gasteiger charge is 2.33. The number of rotatable bonds is 6. The summed E-state index contributed by atoms with van der Waals surface area (Å²) in [5.74, 6) is -3.07. The van der Waals surface area contributed by atoms with E-state index in [1.54, 1.807) is 38.3 Å². The van der Waals surface area contributed by atoms with Crippen LogP contribution in [-0.2, 0) is 9.47 Å². The lowest BCUT2D eigenvalue weighted by Crippen LogP contribution is -2.44. The number of esters is 1. The number of nitrogens with zero attached hydrogens (tertiary/aromatic N) is 2. The van der Waals surface area contributed by atoms with E-state index < -0.39 is 34.7 Å². The van der Waals surface area contributed by atoms with Gasteiger partial charge in [0.25, 0.3) is 0 Å². The SMILES string of the molecule is CCOC(=O)c1cn(C2CC2)c2c(/C=C\[C@@H]3[C@H](NC(=O)OC(C)(C)C)CCN3C)c(F)c(F)cc2c1=O. The predicted molar refractivity (Wildman–Crippen MR) is 136 cm³/mol. The maximum Gasteiger partial charge on any atom is 0.407 e. The topological polar surface area (TPSA) is 89.9 Å². The molecule has 0 radical (unpaired) electrons. The second-order valence-electron chi connectivity index (χ2n) is 10.6. The monoisotopic (exact) mass is 517 g/mol. The lowest BCUT2D eigenvalue weighted by Gasteiger charge is -2.25. The molecule has 1 saturated heterocycles. The largest absolute Gasteiger partial charge is 0.462 e. The molecule has 10 heteroatoms. The summed E-state index contributed by atoms with van der Waals surface area (Å²) in [7, 11) is 1.87. The fourth-order valence-electron chi connectivity index (χ4n) is 4.70. The van der Waals surface area contributed by atoms with E-state index in [1.807, 2.05) is 11.9 Å². The smallest absolute Gasteiger partial charge is 0.407 e. The molecule has 0 spiro atoms. The van der Waals surface area contributed by atoms with Gasteiger partial charge in [0.05, 0.1) is 23.6 Å². The standard InChI is InChI=1S/C27H33F2N3O5/c1-6-36-25(34)18-14-32(15-7-8-15)23-16(22(29)19(28)13-17(23)24(18)33)9-10-21-20(11-12-31(21)5)30-26(35)37-27(2,3)4/h9-10,13-15,20-21H,6-8,11-12H2,1-5H3,(H,30,35)/b10-9-/t20-,21-/m1/s1. The number of hydrogen-bond acceptors (Lipinski definition) is 6. The first-order chi connectivity index (χ1) is 17.4. The number of carbonyl (C=O) groups is 2. The Hall–Kier alpha value is -3.27. The van der Waals surface area contributed by atoms with Gasteiger partial charge < -0.3 is 19.4 Å². The fourth-order valence-corrected chi connectivity index (χ4v) is 4.70. The highest BCUT2D eigenvalue weighted by atomic mass is 19.2. The van der Waals surface area contributed by atoms with Gasteiger partial charge in [-0.15, -0.1) is 0 Å². The van der Waals surface area contributed by atoms with E-state index in [2.05, 4.69) is 5.32 Å². The van der Waals surface area contributed by atoms with Crippen molar-refractivity contribution in [1.29, 1.82) is 0 Å². The summed E-state index contributed by atoms with van der Waals surface area (Å²) in [5.41, 5.74) is -1.42. The number of likely N-dealkylation sites (tertiary alicyclic amines) is 1. The van der Waals surface area contributed by atoms with Gasteiger partial charge in [-0.2, -0.15) is 0 Å². The van der Waals surface area contributed by atoms with E-state index >= 15 is 4.39 Å². The molecule has 4 rings (SSSR count). The molecule has 2 heterocycles. The number of aromatic nitrogens is 1. The van der Waals surface area contributed by atoms with Gasteiger partial charge in [-0.3, -0.25) is 9.69 Å². The van der Waals surface area contributed by atoms with Crippen LogP contribution in [0.3, 0.4) is 0 Å². The van der Waals surface area contributed by atoms with E-state index in [0.29, 0.717) is 13.0 Å². The first-order valence-electron chi connectivity index (χ1n) is 12.5. The van der Waals surface area contributed by atoms with Gasteiger partial charge in [-0.25, -0.2) is 18.4 Å². The van der Waals surface area contributed by atoms with Crippen LogP contribution in [0.25, 0.3) is 17.0 Å². The Morgan fingerprint density at radius 3 is 2.54 bits per heavy atom. The number of amides is 1. The van der Waals surface area contributed by atoms with Gasteiger partial charge in [-0.05, 0) is 60.1 Å². The van der Waals surface area contributed by atoms with Gasteiger partial charge >= 0.3 is 12.1 Å². The molecular formula is C27H33F2N3O5. The summed E-state index contributed by atoms with van der Waals surface area (Å²) in [5, 5.41) is 2.78. The van der Waals surface area contributed by atoms with Crippen LogP contribution in [0.2, 0.25) is 0 Å². The van der Waals surface area contributed by atoms with E-state index in [1.165, 1.54) is 12.3 Å². The maximum atomic E-state index is 15.2. The summed E-state index contributed by atoms with van der Waals surface area (Å²) >= 11 is 0. The molecule has 2 aliphatic rings. The summed E-state index contributed by atoms with van der Waals surface area (Å²) < 4.78 is 42.0. The fraction of sp³-hybridized carbons (Fsp3) is 0.519. The number of pyridine rings is 1. The lowest BCUT2D eigenvalue weighted by atomic mass is 10.0. The third-order valence-electron chi connectivity index (χ3n) is 6.55. The van der Waals surface area contributed by atoms with Crippen molar-refractivity contribution in [2.24, 2.45) is 0 Å². The Morgan fingerprint density at radius 2 is 1.92 bits per heavy atom. The molecule has 8 nitrogen and oxygen atoms in total. The second kappa shape index (κ2) is 10.2. The van der Waals surface area contributed by atoms with E-state index in [-0.39, 0.29) is 46.8 Å². The van der Waals surface area contributed by atoms with Crippen molar-refractivity contribution in [1.82, 2.24) is 14.8 Å². The third-order valence-corrected chi connectivity index (χ3v) is 6.55. The quantitative estimate of drug-likeness (QED) is 0.572. The van der Waals surface area contributed by atoms with E-state index in [9.17, 15) is 18.8 Å². The summed E-state index contributed by atoms with van der Waals surface area (Å²) in [4.78, 5) is 39.9. The number of likely N-dealkylation sites (N-methyl/N-ethyl adjacent to an activating group) is 1. The Labute approximate surface area is 214 Å². The van der Waals surface area contributed by atoms with Gasteiger partial charge in [0, 0.05) is 30.4 Å². The molecule has 1 N–H and O–H groups in total. The van der Waals surface area contributed by atoms with Crippen molar-refractivity contribution < 1.29 is 27.8 Å². The molecule has 37 heavy (non-hydrogen) atoms. The van der Waals surface area contributed by atoms with E-state index in [0.717, 1.165) is 18.9 Å². The minimum atomic E-state index is -1.18. The molecule has 0 unspecified atom stereocenters. The molecule has 0 bridgehead atoms. The molecular weight excluding hydrogens is 484 g/mol. The van der Waals surface area contributed by atoms with Gasteiger partial charge in [0.2, 0.25) is 5.43 Å². The molecule has 1 amide bonds. The Kier molecular flexibility index (Phi) is 7.41. The van der Waals surface area contributed by atoms with Crippen LogP contribution < -0.4 is 10.7 Å². The van der Waals surface area contributed by atoms with Gasteiger partial charge in [-0.1, -0.05) is 12.2 Å². The lowest BCUT2D eigenvalue weighted by molar-refractivity contribution is 0.0495. The van der Waals surface area contributed by atoms with Crippen LogP contribution in [0.5, 0.6) is 0 Å². The van der Waals surface area contributed by atoms with Crippen molar-refractivity contribution in [3.05, 3.63) is 51.3 Å². The highest BCUT2D eigenvalue weighted by molar-refractivity contribution is 5.96. The van der Waals surface area contributed by atoms with Crippen molar-refractivity contribution in [3.8, 4) is 0 Å². The second-order valence-corrected chi connectivity index (χ2v) is 10.6. The zero-order valence-electron chi connectivity index (χ0n) is 21.8. The van der Waals surface area contributed by atoms with Crippen LogP contribution >= 0.6 is 0 Å². The number of benzene rings is 1. The minimum absolute atomic E-state index is 0.0379. The zero-order chi connectivity index (χ0) is 27.1. The summed E-state index contributed by atoms with van der Waals surface area (Å²) in [6.45, 7) is 7.71. The third kappa shape index (κ3) is 5.69. The molecule has 1 aliphatic carbocycles. The predicted octanol–water partition coefficient (Wildman–Crippen LogP) is 4.40. The molecule has 200 valence electrons. The van der Waals surface area contributed by atoms with Crippen LogP contribution in [0.15, 0.2) is 23.1 Å². The number of nitrogens with one attached hydrogen (secondary N) is 1. The Morgan fingerprint density at radius 1 is 1.22 bits per heavy atom. The normalized spacial score (nSPS) is 20.5. The molecule has 1 saturated carbocycles. The molecule has 2 atom stereocenters.